The lowest BCUT2D eigenvalue weighted by molar-refractivity contribution is 0.261. The highest BCUT2D eigenvalue weighted by Crippen LogP contribution is 2.23. The summed E-state index contributed by atoms with van der Waals surface area (Å²) in [6.45, 7) is 11.6. The number of nitrogens with zero attached hydrogens (tertiary/aromatic N) is 1. The molecule has 0 rings (SSSR count). The average molecular weight is 141 g/mol. The van der Waals surface area contributed by atoms with Crippen LogP contribution in [0.1, 0.15) is 27.7 Å². The van der Waals surface area contributed by atoms with Crippen LogP contribution >= 0.6 is 0 Å². The van der Waals surface area contributed by atoms with Crippen molar-refractivity contribution >= 4 is 6.72 Å². The first-order valence-corrected chi connectivity index (χ1v) is 3.27. The van der Waals surface area contributed by atoms with Crippen LogP contribution < -0.4 is 0 Å². The van der Waals surface area contributed by atoms with E-state index in [1.165, 1.54) is 0 Å². The molecule has 0 saturated heterocycles. The van der Waals surface area contributed by atoms with E-state index in [-0.39, 0.29) is 5.41 Å². The van der Waals surface area contributed by atoms with E-state index < -0.39 is 0 Å². The van der Waals surface area contributed by atoms with Gasteiger partial charge in [-0.2, -0.15) is 0 Å². The third-order valence-corrected chi connectivity index (χ3v) is 1.49. The predicted octanol–water partition coefficient (Wildman–Crippen LogP) is 2.57. The molecule has 0 amide bonds. The molecule has 0 aromatic heterocycles. The average Bonchev–Trinajstić information content (AvgIpc) is 1.80. The zero-order chi connectivity index (χ0) is 8.20. The van der Waals surface area contributed by atoms with Crippen molar-refractivity contribution in [2.24, 2.45) is 10.6 Å². The van der Waals surface area contributed by atoms with E-state index in [1.807, 2.05) is 6.92 Å². The molecular formula is C8H15NO. The molecule has 0 fully saturated rings. The van der Waals surface area contributed by atoms with Crippen LogP contribution in [0, 0.1) is 5.41 Å². The molecule has 2 nitrogen and oxygen atoms in total. The highest BCUT2D eigenvalue weighted by atomic mass is 16.6. The summed E-state index contributed by atoms with van der Waals surface area (Å²) in [5.74, 6) is 0. The van der Waals surface area contributed by atoms with E-state index in [4.69, 9.17) is 0 Å². The van der Waals surface area contributed by atoms with E-state index in [0.717, 1.165) is 5.57 Å². The lowest BCUT2D eigenvalue weighted by atomic mass is 9.89. The minimum atomic E-state index is 0.157. The monoisotopic (exact) mass is 141 g/mol. The van der Waals surface area contributed by atoms with Crippen LogP contribution in [0.15, 0.2) is 17.0 Å². The maximum Gasteiger partial charge on any atom is 0.121 e. The van der Waals surface area contributed by atoms with Gasteiger partial charge < -0.3 is 4.84 Å². The van der Waals surface area contributed by atoms with Crippen LogP contribution in [-0.4, -0.2) is 6.72 Å². The smallest absolute Gasteiger partial charge is 0.121 e. The lowest BCUT2D eigenvalue weighted by Crippen LogP contribution is -2.06. The van der Waals surface area contributed by atoms with Gasteiger partial charge >= 0.3 is 0 Å². The third-order valence-electron chi connectivity index (χ3n) is 1.49. The van der Waals surface area contributed by atoms with Crippen molar-refractivity contribution in [3.05, 3.63) is 11.8 Å². The molecule has 0 unspecified atom stereocenters. The highest BCUT2D eigenvalue weighted by Gasteiger charge is 2.12. The summed E-state index contributed by atoms with van der Waals surface area (Å²) in [5, 5.41) is 3.26. The Labute approximate surface area is 62.6 Å². The first kappa shape index (κ1) is 9.21. The molecule has 0 bridgehead atoms. The first-order chi connectivity index (χ1) is 4.48. The van der Waals surface area contributed by atoms with Gasteiger partial charge in [-0.25, -0.2) is 0 Å². The summed E-state index contributed by atoms with van der Waals surface area (Å²) in [4.78, 5) is 4.67. The zero-order valence-corrected chi connectivity index (χ0v) is 7.14. The van der Waals surface area contributed by atoms with E-state index in [9.17, 15) is 0 Å². The Bertz CT molecular complexity index is 142. The van der Waals surface area contributed by atoms with Gasteiger partial charge in [-0.05, 0) is 17.9 Å². The molecule has 0 aliphatic rings. The van der Waals surface area contributed by atoms with E-state index in [1.54, 1.807) is 6.26 Å². The molecule has 0 atom stereocenters. The summed E-state index contributed by atoms with van der Waals surface area (Å²) in [6.07, 6.45) is 1.62. The molecule has 58 valence electrons. The predicted molar refractivity (Wildman–Crippen MR) is 43.8 cm³/mol. The van der Waals surface area contributed by atoms with Crippen LogP contribution in [-0.2, 0) is 4.84 Å². The summed E-state index contributed by atoms with van der Waals surface area (Å²) < 4.78 is 0. The van der Waals surface area contributed by atoms with Crippen LogP contribution in [0.25, 0.3) is 0 Å². The Hall–Kier alpha value is -0.790. The van der Waals surface area contributed by atoms with Crippen LogP contribution in [0.4, 0.5) is 0 Å². The quantitative estimate of drug-likeness (QED) is 0.329. The van der Waals surface area contributed by atoms with Gasteiger partial charge in [0.1, 0.15) is 6.26 Å². The molecule has 0 aromatic carbocycles. The molecular weight excluding hydrogens is 126 g/mol. The van der Waals surface area contributed by atoms with Crippen molar-refractivity contribution in [1.29, 1.82) is 0 Å². The number of hydrogen-bond donors (Lipinski definition) is 0. The summed E-state index contributed by atoms with van der Waals surface area (Å²) in [7, 11) is 0. The number of oxime groups is 1. The number of allylic oxidation sites excluding steroid dienone is 1. The second-order valence-electron chi connectivity index (χ2n) is 3.29. The summed E-state index contributed by atoms with van der Waals surface area (Å²) in [5.41, 5.74) is 1.31. The molecule has 0 N–H and O–H groups in total. The Balaban J connectivity index is 4.05. The standard InChI is InChI=1S/C8H15NO/c1-7(6-10-9-5)8(2,3)4/h6H,5H2,1-4H3/b7-6+. The maximum atomic E-state index is 4.67. The highest BCUT2D eigenvalue weighted by molar-refractivity contribution is 5.21. The molecule has 0 heterocycles. The minimum Gasteiger partial charge on any atom is -0.366 e. The molecule has 2 heteroatoms. The topological polar surface area (TPSA) is 21.6 Å². The molecule has 0 radical (unpaired) electrons. The van der Waals surface area contributed by atoms with E-state index in [2.05, 4.69) is 37.5 Å². The van der Waals surface area contributed by atoms with Crippen LogP contribution in [0.5, 0.6) is 0 Å². The van der Waals surface area contributed by atoms with Crippen molar-refractivity contribution in [3.8, 4) is 0 Å². The minimum absolute atomic E-state index is 0.157. The van der Waals surface area contributed by atoms with E-state index >= 15 is 0 Å². The molecule has 0 aliphatic carbocycles. The van der Waals surface area contributed by atoms with Gasteiger partial charge in [-0.15, -0.1) is 0 Å². The molecule has 0 aliphatic heterocycles. The van der Waals surface area contributed by atoms with Gasteiger partial charge in [0.15, 0.2) is 0 Å². The van der Waals surface area contributed by atoms with Crippen molar-refractivity contribution in [2.75, 3.05) is 0 Å². The first-order valence-electron chi connectivity index (χ1n) is 3.27. The molecule has 10 heavy (non-hydrogen) atoms. The largest absolute Gasteiger partial charge is 0.366 e. The lowest BCUT2D eigenvalue weighted by Gasteiger charge is -2.17. The summed E-state index contributed by atoms with van der Waals surface area (Å²) in [6, 6.07) is 0. The number of hydrogen-bond acceptors (Lipinski definition) is 2. The van der Waals surface area contributed by atoms with Gasteiger partial charge in [0.05, 0.1) is 0 Å². The zero-order valence-electron chi connectivity index (χ0n) is 7.14. The van der Waals surface area contributed by atoms with Gasteiger partial charge in [-0.3, -0.25) is 0 Å². The van der Waals surface area contributed by atoms with Crippen molar-refractivity contribution in [2.45, 2.75) is 27.7 Å². The second-order valence-corrected chi connectivity index (χ2v) is 3.29. The van der Waals surface area contributed by atoms with Gasteiger partial charge in [0, 0.05) is 6.72 Å². The van der Waals surface area contributed by atoms with Crippen molar-refractivity contribution in [1.82, 2.24) is 0 Å². The maximum absolute atomic E-state index is 4.67. The Kier molecular flexibility index (Phi) is 3.13. The fourth-order valence-electron chi connectivity index (χ4n) is 0.293. The Morgan fingerprint density at radius 2 is 2.00 bits per heavy atom. The normalized spacial score (nSPS) is 13.0. The Morgan fingerprint density at radius 1 is 1.50 bits per heavy atom. The van der Waals surface area contributed by atoms with Gasteiger partial charge in [0.2, 0.25) is 0 Å². The fraction of sp³-hybridized carbons (Fsp3) is 0.625. The third kappa shape index (κ3) is 3.28. The molecule has 0 saturated carbocycles. The van der Waals surface area contributed by atoms with Gasteiger partial charge in [0.25, 0.3) is 0 Å². The fourth-order valence-corrected chi connectivity index (χ4v) is 0.293. The molecule has 0 spiro atoms. The second kappa shape index (κ2) is 3.40. The van der Waals surface area contributed by atoms with Crippen LogP contribution in [0.2, 0.25) is 0 Å². The number of rotatable bonds is 2. The SMILES string of the molecule is C=NO/C=C(\C)C(C)(C)C. The van der Waals surface area contributed by atoms with Crippen molar-refractivity contribution in [3.63, 3.8) is 0 Å². The Morgan fingerprint density at radius 3 is 2.30 bits per heavy atom. The van der Waals surface area contributed by atoms with Crippen molar-refractivity contribution < 1.29 is 4.84 Å². The summed E-state index contributed by atoms with van der Waals surface area (Å²) >= 11 is 0. The molecule has 0 aromatic rings. The van der Waals surface area contributed by atoms with Crippen LogP contribution in [0.3, 0.4) is 0 Å². The van der Waals surface area contributed by atoms with E-state index in [0.29, 0.717) is 0 Å². The van der Waals surface area contributed by atoms with Gasteiger partial charge in [-0.1, -0.05) is 25.9 Å².